The summed E-state index contributed by atoms with van der Waals surface area (Å²) in [7, 11) is 0. The van der Waals surface area contributed by atoms with Crippen LogP contribution in [-0.2, 0) is 5.41 Å². The molecule has 0 aromatic heterocycles. The van der Waals surface area contributed by atoms with E-state index in [9.17, 15) is 0 Å². The summed E-state index contributed by atoms with van der Waals surface area (Å²) >= 11 is 23.2. The lowest BCUT2D eigenvalue weighted by atomic mass is 9.69. The van der Waals surface area contributed by atoms with E-state index in [0.717, 1.165) is 19.8 Å². The molecule has 154 valence electrons. The molecule has 0 N–H and O–H groups in total. The lowest BCUT2D eigenvalue weighted by Crippen LogP contribution is -2.28. The molecule has 0 heterocycles. The number of rotatable bonds is 0. The lowest BCUT2D eigenvalue weighted by molar-refractivity contribution is 0.778. The van der Waals surface area contributed by atoms with Crippen molar-refractivity contribution < 1.29 is 0 Å². The van der Waals surface area contributed by atoms with E-state index in [1.165, 1.54) is 49.0 Å². The second-order valence-corrected chi connectivity index (χ2v) is 15.6. The van der Waals surface area contributed by atoms with Gasteiger partial charge >= 0.3 is 0 Å². The Hall–Kier alpha value is 0.0200. The Labute approximate surface area is 231 Å². The highest BCUT2D eigenvalue weighted by atomic mass is 79.9. The van der Waals surface area contributed by atoms with E-state index in [-0.39, 0.29) is 8.65 Å². The summed E-state index contributed by atoms with van der Waals surface area (Å²) in [6.45, 7) is 0. The van der Waals surface area contributed by atoms with Gasteiger partial charge in [0, 0.05) is 19.8 Å². The molecule has 31 heavy (non-hydrogen) atoms. The van der Waals surface area contributed by atoms with Crippen molar-refractivity contribution in [3.63, 3.8) is 0 Å². The molecule has 0 saturated carbocycles. The van der Waals surface area contributed by atoms with Crippen molar-refractivity contribution in [3.8, 4) is 11.1 Å². The maximum atomic E-state index is 4.03. The van der Waals surface area contributed by atoms with Crippen LogP contribution in [0.2, 0.25) is 0 Å². The normalized spacial score (nSPS) is 19.1. The van der Waals surface area contributed by atoms with Crippen LogP contribution in [0.25, 0.3) is 16.7 Å². The van der Waals surface area contributed by atoms with Gasteiger partial charge in [0.15, 0.2) is 0 Å². The van der Waals surface area contributed by atoms with Crippen LogP contribution >= 0.6 is 95.6 Å². The highest BCUT2D eigenvalue weighted by Gasteiger charge is 2.56. The molecular weight excluding hydrogens is 780 g/mol. The summed E-state index contributed by atoms with van der Waals surface area (Å²) in [4.78, 5) is 0. The third-order valence-electron chi connectivity index (χ3n) is 6.45. The van der Waals surface area contributed by atoms with Crippen LogP contribution in [0, 0.1) is 0 Å². The second-order valence-electron chi connectivity index (χ2n) is 8.08. The van der Waals surface area contributed by atoms with Gasteiger partial charge < -0.3 is 0 Å². The average molecular weight is 792 g/mol. The molecule has 3 aromatic rings. The summed E-state index contributed by atoms with van der Waals surface area (Å²) in [5, 5.41) is 0. The maximum absolute atomic E-state index is 4.03. The van der Waals surface area contributed by atoms with Gasteiger partial charge in [-0.05, 0) is 91.5 Å². The van der Waals surface area contributed by atoms with Crippen LogP contribution < -0.4 is 0 Å². The Morgan fingerprint density at radius 3 is 1.58 bits per heavy atom. The number of allylic oxidation sites excluding steroid dienone is 4. The molecule has 0 bridgehead atoms. The smallest absolute Gasteiger partial charge is 0.0670 e. The van der Waals surface area contributed by atoms with Gasteiger partial charge in [0.25, 0.3) is 0 Å². The third kappa shape index (κ3) is 2.91. The highest BCUT2D eigenvalue weighted by Crippen LogP contribution is 2.67. The minimum Gasteiger partial charge on any atom is -0.0670 e. The Kier molecular flexibility index (Phi) is 5.04. The number of benzene rings is 3. The Balaban J connectivity index is 1.87. The number of hydrogen-bond donors (Lipinski definition) is 0. The van der Waals surface area contributed by atoms with E-state index >= 15 is 0 Å². The van der Waals surface area contributed by atoms with Gasteiger partial charge in [0.05, 0.1) is 5.41 Å². The van der Waals surface area contributed by atoms with Crippen molar-refractivity contribution in [1.29, 1.82) is 0 Å². The predicted octanol–water partition coefficient (Wildman–Crippen LogP) is 10.2. The topological polar surface area (TPSA) is 0 Å². The molecule has 1 spiro atoms. The molecule has 3 aliphatic rings. The molecule has 0 atom stereocenters. The van der Waals surface area contributed by atoms with Crippen LogP contribution in [0.4, 0.5) is 0 Å². The zero-order valence-electron chi connectivity index (χ0n) is 15.7. The summed E-state index contributed by atoms with van der Waals surface area (Å²) in [6.07, 6.45) is 3.18. The fourth-order valence-electron chi connectivity index (χ4n) is 5.45. The Morgan fingerprint density at radius 1 is 0.613 bits per heavy atom. The van der Waals surface area contributed by atoms with E-state index in [1.54, 1.807) is 0 Å². The molecule has 3 aliphatic carbocycles. The quantitative estimate of drug-likeness (QED) is 0.199. The molecule has 3 aromatic carbocycles. The fourth-order valence-corrected chi connectivity index (χ4v) is 9.40. The molecule has 0 nitrogen and oxygen atoms in total. The summed E-state index contributed by atoms with van der Waals surface area (Å²) in [5.74, 6) is 0. The molecule has 0 amide bonds. The van der Waals surface area contributed by atoms with Gasteiger partial charge in [0.1, 0.15) is 3.23 Å². The van der Waals surface area contributed by atoms with E-state index in [4.69, 9.17) is 0 Å². The van der Waals surface area contributed by atoms with Crippen LogP contribution in [-0.4, -0.2) is 3.23 Å². The first kappa shape index (κ1) is 21.5. The molecule has 6 heteroatoms. The monoisotopic (exact) mass is 786 g/mol. The van der Waals surface area contributed by atoms with Crippen molar-refractivity contribution in [1.82, 2.24) is 0 Å². The van der Waals surface area contributed by atoms with Crippen LogP contribution in [0.1, 0.15) is 28.7 Å². The lowest BCUT2D eigenvalue weighted by Gasteiger charge is -2.34. The first-order valence-electron chi connectivity index (χ1n) is 9.63. The van der Waals surface area contributed by atoms with Gasteiger partial charge in [-0.2, -0.15) is 0 Å². The molecule has 6 rings (SSSR count). The van der Waals surface area contributed by atoms with Crippen molar-refractivity contribution in [2.75, 3.05) is 0 Å². The van der Waals surface area contributed by atoms with Gasteiger partial charge in [-0.25, -0.2) is 0 Å². The minimum atomic E-state index is -0.390. The van der Waals surface area contributed by atoms with Gasteiger partial charge in [0.2, 0.25) is 0 Å². The average Bonchev–Trinajstić information content (AvgIpc) is 3.13. The zero-order chi connectivity index (χ0) is 21.7. The molecule has 0 aliphatic heterocycles. The van der Waals surface area contributed by atoms with Gasteiger partial charge in [-0.1, -0.05) is 114 Å². The molecule has 0 saturated heterocycles. The van der Waals surface area contributed by atoms with Crippen molar-refractivity contribution in [2.45, 2.75) is 15.1 Å². The van der Waals surface area contributed by atoms with Crippen molar-refractivity contribution in [2.24, 2.45) is 0 Å². The molecular formula is C25H12Br6. The number of alkyl halides is 2. The van der Waals surface area contributed by atoms with Crippen LogP contribution in [0.5, 0.6) is 0 Å². The standard InChI is InChI=1S/C25H12Br6/c26-12-1-4-16-17-5-2-13(27)8-20(17)25(19(16)7-12)21-9-14(28)3-6-18(21)23-22(25)10-15(29)11-24(23,30)31/h1-10H,11H2. The SMILES string of the molecule is BrC1=CC2=C(c3ccc(Br)cc3C23c2cc(Br)ccc2-c2ccc(Br)cc23)C(Br)(Br)C1. The molecule has 0 radical (unpaired) electrons. The minimum absolute atomic E-state index is 0.337. The first-order chi connectivity index (χ1) is 14.7. The fraction of sp³-hybridized carbons (Fsp3) is 0.120. The van der Waals surface area contributed by atoms with E-state index < -0.39 is 0 Å². The van der Waals surface area contributed by atoms with Crippen molar-refractivity contribution >= 4 is 101 Å². The largest absolute Gasteiger partial charge is 0.111 e. The second kappa shape index (κ2) is 7.26. The number of halogens is 6. The Morgan fingerprint density at radius 2 is 1.06 bits per heavy atom. The van der Waals surface area contributed by atoms with Gasteiger partial charge in [-0.15, -0.1) is 0 Å². The third-order valence-corrected chi connectivity index (χ3v) is 9.79. The summed E-state index contributed by atoms with van der Waals surface area (Å²) in [6, 6.07) is 20.1. The first-order valence-corrected chi connectivity index (χ1v) is 14.4. The molecule has 0 fully saturated rings. The maximum Gasteiger partial charge on any atom is 0.111 e. The molecule has 0 unspecified atom stereocenters. The van der Waals surface area contributed by atoms with Crippen LogP contribution in [0.3, 0.4) is 0 Å². The van der Waals surface area contributed by atoms with E-state index in [0.29, 0.717) is 0 Å². The van der Waals surface area contributed by atoms with Gasteiger partial charge in [-0.3, -0.25) is 0 Å². The summed E-state index contributed by atoms with van der Waals surface area (Å²) < 4.78 is 4.10. The highest BCUT2D eigenvalue weighted by molar-refractivity contribution is 9.25. The van der Waals surface area contributed by atoms with Crippen LogP contribution in [0.15, 0.2) is 84.1 Å². The predicted molar refractivity (Wildman–Crippen MR) is 150 cm³/mol. The van der Waals surface area contributed by atoms with E-state index in [2.05, 4.69) is 156 Å². The zero-order valence-corrected chi connectivity index (χ0v) is 25.3. The summed E-state index contributed by atoms with van der Waals surface area (Å²) in [5.41, 5.74) is 10.0. The van der Waals surface area contributed by atoms with E-state index in [1.807, 2.05) is 0 Å². The Bertz CT molecular complexity index is 1330. The number of hydrogen-bond acceptors (Lipinski definition) is 0. The number of fused-ring (bicyclic) bond motifs is 9. The van der Waals surface area contributed by atoms with Crippen molar-refractivity contribution in [3.05, 3.63) is 106 Å².